The van der Waals surface area contributed by atoms with Crippen LogP contribution in [0, 0.1) is 13.8 Å². The van der Waals surface area contributed by atoms with E-state index in [0.29, 0.717) is 6.04 Å². The zero-order valence-corrected chi connectivity index (χ0v) is 16.2. The maximum absolute atomic E-state index is 4.59. The van der Waals surface area contributed by atoms with Crippen LogP contribution in [0.3, 0.4) is 0 Å². The Kier molecular flexibility index (Phi) is 6.04. The van der Waals surface area contributed by atoms with Crippen molar-refractivity contribution in [2.24, 2.45) is 4.99 Å². The Balaban J connectivity index is 0.00000192. The molecule has 1 fully saturated rings. The second kappa shape index (κ2) is 7.81. The minimum Gasteiger partial charge on any atom is -0.354 e. The first-order valence-corrected chi connectivity index (χ1v) is 7.76. The maximum Gasteiger partial charge on any atom is 0.191 e. The summed E-state index contributed by atoms with van der Waals surface area (Å²) in [6.45, 7) is 4.82. The quantitative estimate of drug-likeness (QED) is 0.450. The monoisotopic (exact) mass is 425 g/mol. The van der Waals surface area contributed by atoms with Gasteiger partial charge in [-0.15, -0.1) is 24.0 Å². The Labute approximate surface area is 154 Å². The third kappa shape index (κ3) is 4.46. The van der Waals surface area contributed by atoms with Crippen molar-refractivity contribution in [3.8, 4) is 5.69 Å². The van der Waals surface area contributed by atoms with Crippen molar-refractivity contribution in [2.75, 3.05) is 7.05 Å². The maximum atomic E-state index is 4.59. The Morgan fingerprint density at radius 1 is 1.30 bits per heavy atom. The van der Waals surface area contributed by atoms with E-state index in [4.69, 9.17) is 0 Å². The van der Waals surface area contributed by atoms with E-state index in [9.17, 15) is 0 Å². The predicted molar refractivity (Wildman–Crippen MR) is 105 cm³/mol. The normalized spacial score (nSPS) is 14.3. The summed E-state index contributed by atoms with van der Waals surface area (Å²) in [4.78, 5) is 4.28. The molecule has 0 atom stereocenters. The summed E-state index contributed by atoms with van der Waals surface area (Å²) in [5, 5.41) is 11.4. The van der Waals surface area contributed by atoms with Gasteiger partial charge in [-0.2, -0.15) is 5.10 Å². The standard InChI is InChI=1S/C17H23N5.HI/c1-12-10-13(2)22(21-12)16-7-5-4-6-14(16)11-19-17(18-3)20-15-8-9-15;/h4-7,10,15H,8-9,11H2,1-3H3,(H2,18,19,20);1H. The van der Waals surface area contributed by atoms with Gasteiger partial charge >= 0.3 is 0 Å². The van der Waals surface area contributed by atoms with E-state index in [0.717, 1.165) is 29.6 Å². The van der Waals surface area contributed by atoms with E-state index < -0.39 is 0 Å². The first-order chi connectivity index (χ1) is 10.7. The molecule has 0 aliphatic heterocycles. The molecule has 5 nitrogen and oxygen atoms in total. The SMILES string of the molecule is CN=C(NCc1ccccc1-n1nc(C)cc1C)NC1CC1.I. The number of aromatic nitrogens is 2. The van der Waals surface area contributed by atoms with Crippen molar-refractivity contribution in [3.63, 3.8) is 0 Å². The van der Waals surface area contributed by atoms with Gasteiger partial charge in [0.2, 0.25) is 0 Å². The van der Waals surface area contributed by atoms with Gasteiger partial charge in [-0.25, -0.2) is 4.68 Å². The van der Waals surface area contributed by atoms with Crippen LogP contribution in [-0.2, 0) is 6.54 Å². The molecule has 23 heavy (non-hydrogen) atoms. The number of rotatable bonds is 4. The minimum absolute atomic E-state index is 0. The third-order valence-electron chi connectivity index (χ3n) is 3.82. The number of nitrogens with zero attached hydrogens (tertiary/aromatic N) is 3. The highest BCUT2D eigenvalue weighted by Gasteiger charge is 2.22. The molecule has 1 aliphatic carbocycles. The molecular formula is C17H24IN5. The van der Waals surface area contributed by atoms with E-state index >= 15 is 0 Å². The number of aryl methyl sites for hydroxylation is 2. The summed E-state index contributed by atoms with van der Waals surface area (Å²) in [6.07, 6.45) is 2.48. The highest BCUT2D eigenvalue weighted by molar-refractivity contribution is 14.0. The summed E-state index contributed by atoms with van der Waals surface area (Å²) in [6, 6.07) is 11.0. The van der Waals surface area contributed by atoms with E-state index in [1.807, 2.05) is 24.7 Å². The zero-order chi connectivity index (χ0) is 15.5. The van der Waals surface area contributed by atoms with Gasteiger partial charge in [0.05, 0.1) is 11.4 Å². The lowest BCUT2D eigenvalue weighted by Crippen LogP contribution is -2.38. The first-order valence-electron chi connectivity index (χ1n) is 7.76. The van der Waals surface area contributed by atoms with Crippen molar-refractivity contribution in [2.45, 2.75) is 39.3 Å². The molecule has 1 aromatic heterocycles. The molecule has 2 aromatic rings. The Morgan fingerprint density at radius 3 is 2.65 bits per heavy atom. The largest absolute Gasteiger partial charge is 0.354 e. The number of hydrogen-bond acceptors (Lipinski definition) is 2. The van der Waals surface area contributed by atoms with Crippen molar-refractivity contribution in [1.82, 2.24) is 20.4 Å². The molecule has 0 radical (unpaired) electrons. The van der Waals surface area contributed by atoms with Crippen molar-refractivity contribution >= 4 is 29.9 Å². The number of para-hydroxylation sites is 1. The molecule has 1 aromatic carbocycles. The van der Waals surface area contributed by atoms with Gasteiger partial charge in [0.15, 0.2) is 5.96 Å². The molecule has 3 rings (SSSR count). The molecule has 1 saturated carbocycles. The number of hydrogen-bond donors (Lipinski definition) is 2. The van der Waals surface area contributed by atoms with E-state index in [-0.39, 0.29) is 24.0 Å². The minimum atomic E-state index is 0. The fraction of sp³-hybridized carbons (Fsp3) is 0.412. The summed E-state index contributed by atoms with van der Waals surface area (Å²) in [5.74, 6) is 0.866. The first kappa shape index (κ1) is 17.8. The van der Waals surface area contributed by atoms with Gasteiger partial charge in [0.1, 0.15) is 0 Å². The summed E-state index contributed by atoms with van der Waals surface area (Å²) in [7, 11) is 1.81. The average Bonchev–Trinajstić information content (AvgIpc) is 3.27. The van der Waals surface area contributed by atoms with Gasteiger partial charge in [0, 0.05) is 25.3 Å². The lowest BCUT2D eigenvalue weighted by atomic mass is 10.1. The number of nitrogens with one attached hydrogen (secondary N) is 2. The number of halogens is 1. The fourth-order valence-electron chi connectivity index (χ4n) is 2.53. The van der Waals surface area contributed by atoms with Crippen LogP contribution in [0.5, 0.6) is 0 Å². The van der Waals surface area contributed by atoms with Gasteiger partial charge in [-0.1, -0.05) is 18.2 Å². The van der Waals surface area contributed by atoms with Gasteiger partial charge in [0.25, 0.3) is 0 Å². The van der Waals surface area contributed by atoms with E-state index in [1.165, 1.54) is 18.4 Å². The third-order valence-corrected chi connectivity index (χ3v) is 3.82. The van der Waals surface area contributed by atoms with Crippen molar-refractivity contribution < 1.29 is 0 Å². The zero-order valence-electron chi connectivity index (χ0n) is 13.8. The van der Waals surface area contributed by atoms with Crippen molar-refractivity contribution in [1.29, 1.82) is 0 Å². The highest BCUT2D eigenvalue weighted by Crippen LogP contribution is 2.19. The van der Waals surface area contributed by atoms with E-state index in [1.54, 1.807) is 0 Å². The number of benzene rings is 1. The summed E-state index contributed by atoms with van der Waals surface area (Å²) < 4.78 is 2.00. The molecule has 6 heteroatoms. The molecular weight excluding hydrogens is 401 g/mol. The van der Waals surface area contributed by atoms with Gasteiger partial charge in [-0.05, 0) is 44.4 Å². The van der Waals surface area contributed by atoms with Crippen LogP contribution in [0.1, 0.15) is 29.8 Å². The lowest BCUT2D eigenvalue weighted by molar-refractivity contribution is 0.779. The second-order valence-electron chi connectivity index (χ2n) is 5.81. The summed E-state index contributed by atoms with van der Waals surface area (Å²) >= 11 is 0. The molecule has 1 heterocycles. The van der Waals surface area contributed by atoms with Crippen LogP contribution in [0.15, 0.2) is 35.3 Å². The van der Waals surface area contributed by atoms with Crippen LogP contribution < -0.4 is 10.6 Å². The van der Waals surface area contributed by atoms with Crippen LogP contribution >= 0.6 is 24.0 Å². The highest BCUT2D eigenvalue weighted by atomic mass is 127. The van der Waals surface area contributed by atoms with Gasteiger partial charge < -0.3 is 10.6 Å². The summed E-state index contributed by atoms with van der Waals surface area (Å²) in [5.41, 5.74) is 4.49. The number of aliphatic imine (C=N–C) groups is 1. The van der Waals surface area contributed by atoms with Crippen LogP contribution in [0.2, 0.25) is 0 Å². The topological polar surface area (TPSA) is 54.2 Å². The molecule has 0 unspecified atom stereocenters. The molecule has 0 saturated heterocycles. The van der Waals surface area contributed by atoms with E-state index in [2.05, 4.69) is 51.9 Å². The molecule has 0 amide bonds. The lowest BCUT2D eigenvalue weighted by Gasteiger charge is -2.14. The molecule has 124 valence electrons. The Hall–Kier alpha value is -1.57. The Bertz CT molecular complexity index is 688. The predicted octanol–water partition coefficient (Wildman–Crippen LogP) is 2.93. The van der Waals surface area contributed by atoms with Crippen LogP contribution in [-0.4, -0.2) is 28.8 Å². The molecule has 1 aliphatic rings. The van der Waals surface area contributed by atoms with Crippen molar-refractivity contribution in [3.05, 3.63) is 47.3 Å². The molecule has 0 spiro atoms. The molecule has 0 bridgehead atoms. The Morgan fingerprint density at radius 2 is 2.04 bits per heavy atom. The fourth-order valence-corrected chi connectivity index (χ4v) is 2.53. The smallest absolute Gasteiger partial charge is 0.191 e. The van der Waals surface area contributed by atoms with Gasteiger partial charge in [-0.3, -0.25) is 4.99 Å². The molecule has 2 N–H and O–H groups in total. The second-order valence-corrected chi connectivity index (χ2v) is 5.81. The number of guanidine groups is 1. The van der Waals surface area contributed by atoms with Crippen LogP contribution in [0.25, 0.3) is 5.69 Å². The van der Waals surface area contributed by atoms with Crippen LogP contribution in [0.4, 0.5) is 0 Å². The average molecular weight is 425 g/mol.